The molecule has 1 aromatic carbocycles. The fraction of sp³-hybridized carbons (Fsp3) is 0.538. The van der Waals surface area contributed by atoms with Crippen molar-refractivity contribution in [2.24, 2.45) is 0 Å². The van der Waals surface area contributed by atoms with E-state index in [-0.39, 0.29) is 12.2 Å². The van der Waals surface area contributed by atoms with E-state index in [1.54, 1.807) is 0 Å². The molecule has 0 N–H and O–H groups in total. The van der Waals surface area contributed by atoms with Gasteiger partial charge < -0.3 is 18.9 Å². The zero-order valence-corrected chi connectivity index (χ0v) is 9.85. The average Bonchev–Trinajstić information content (AvgIpc) is 3.20. The standard InChI is InChI=1S/C13H16O4/c1-9-2-3-10(14-5-11-6-15-11)4-13(9)17-8-12-7-16-12/h2-4,11-12H,5-8H2,1H3. The maximum absolute atomic E-state index is 5.69. The van der Waals surface area contributed by atoms with Crippen molar-refractivity contribution in [3.63, 3.8) is 0 Å². The van der Waals surface area contributed by atoms with Gasteiger partial charge >= 0.3 is 0 Å². The van der Waals surface area contributed by atoms with Crippen LogP contribution in [0.3, 0.4) is 0 Å². The van der Waals surface area contributed by atoms with E-state index in [0.717, 1.165) is 30.3 Å². The van der Waals surface area contributed by atoms with Crippen molar-refractivity contribution in [2.45, 2.75) is 19.1 Å². The highest BCUT2D eigenvalue weighted by Crippen LogP contribution is 2.26. The van der Waals surface area contributed by atoms with Crippen LogP contribution in [-0.4, -0.2) is 38.6 Å². The van der Waals surface area contributed by atoms with Crippen molar-refractivity contribution in [3.8, 4) is 11.5 Å². The van der Waals surface area contributed by atoms with Crippen LogP contribution >= 0.6 is 0 Å². The fourth-order valence-electron chi connectivity index (χ4n) is 1.53. The number of ether oxygens (including phenoxy) is 4. The van der Waals surface area contributed by atoms with E-state index in [1.807, 2.05) is 25.1 Å². The lowest BCUT2D eigenvalue weighted by atomic mass is 10.2. The molecule has 0 radical (unpaired) electrons. The van der Waals surface area contributed by atoms with E-state index >= 15 is 0 Å². The number of rotatable bonds is 6. The lowest BCUT2D eigenvalue weighted by molar-refractivity contribution is 0.251. The summed E-state index contributed by atoms with van der Waals surface area (Å²) < 4.78 is 21.5. The smallest absolute Gasteiger partial charge is 0.126 e. The molecule has 0 bridgehead atoms. The molecule has 2 aliphatic heterocycles. The monoisotopic (exact) mass is 236 g/mol. The van der Waals surface area contributed by atoms with Gasteiger partial charge in [0, 0.05) is 6.07 Å². The van der Waals surface area contributed by atoms with Crippen LogP contribution < -0.4 is 9.47 Å². The van der Waals surface area contributed by atoms with Crippen LogP contribution in [0.5, 0.6) is 11.5 Å². The Labute approximate surface area is 100 Å². The quantitative estimate of drug-likeness (QED) is 0.703. The summed E-state index contributed by atoms with van der Waals surface area (Å²) >= 11 is 0. The van der Waals surface area contributed by atoms with Gasteiger partial charge in [0.2, 0.25) is 0 Å². The summed E-state index contributed by atoms with van der Waals surface area (Å²) in [4.78, 5) is 0. The first kappa shape index (κ1) is 10.9. The lowest BCUT2D eigenvalue weighted by Crippen LogP contribution is -2.07. The Morgan fingerprint density at radius 2 is 1.76 bits per heavy atom. The number of hydrogen-bond acceptors (Lipinski definition) is 4. The summed E-state index contributed by atoms with van der Waals surface area (Å²) in [6, 6.07) is 5.89. The predicted octanol–water partition coefficient (Wildman–Crippen LogP) is 1.55. The Morgan fingerprint density at radius 3 is 2.41 bits per heavy atom. The second kappa shape index (κ2) is 4.55. The molecule has 2 fully saturated rings. The molecule has 0 aromatic heterocycles. The minimum absolute atomic E-state index is 0.277. The molecule has 17 heavy (non-hydrogen) atoms. The van der Waals surface area contributed by atoms with Crippen LogP contribution in [0.25, 0.3) is 0 Å². The maximum atomic E-state index is 5.69. The third-order valence-electron chi connectivity index (χ3n) is 2.82. The lowest BCUT2D eigenvalue weighted by Gasteiger charge is -2.10. The summed E-state index contributed by atoms with van der Waals surface area (Å²) in [5, 5.41) is 0. The van der Waals surface area contributed by atoms with Crippen molar-refractivity contribution < 1.29 is 18.9 Å². The molecule has 0 aliphatic carbocycles. The van der Waals surface area contributed by atoms with Crippen molar-refractivity contribution in [1.29, 1.82) is 0 Å². The molecule has 3 rings (SSSR count). The summed E-state index contributed by atoms with van der Waals surface area (Å²) in [6.45, 7) is 4.89. The van der Waals surface area contributed by atoms with Crippen molar-refractivity contribution in [1.82, 2.24) is 0 Å². The summed E-state index contributed by atoms with van der Waals surface area (Å²) in [7, 11) is 0. The third kappa shape index (κ3) is 3.11. The third-order valence-corrected chi connectivity index (χ3v) is 2.82. The van der Waals surface area contributed by atoms with Crippen molar-refractivity contribution in [3.05, 3.63) is 23.8 Å². The van der Waals surface area contributed by atoms with Gasteiger partial charge in [-0.15, -0.1) is 0 Å². The number of epoxide rings is 2. The molecule has 92 valence electrons. The minimum atomic E-state index is 0.277. The van der Waals surface area contributed by atoms with Gasteiger partial charge in [0.15, 0.2) is 0 Å². The van der Waals surface area contributed by atoms with Crippen LogP contribution in [0, 0.1) is 6.92 Å². The SMILES string of the molecule is Cc1ccc(OCC2CO2)cc1OCC1CO1. The molecule has 2 atom stereocenters. The zero-order chi connectivity index (χ0) is 11.7. The fourth-order valence-corrected chi connectivity index (χ4v) is 1.53. The highest BCUT2D eigenvalue weighted by molar-refractivity contribution is 5.39. The molecule has 2 unspecified atom stereocenters. The van der Waals surface area contributed by atoms with E-state index in [2.05, 4.69) is 0 Å². The van der Waals surface area contributed by atoms with E-state index in [4.69, 9.17) is 18.9 Å². The van der Waals surface area contributed by atoms with Crippen molar-refractivity contribution >= 4 is 0 Å². The van der Waals surface area contributed by atoms with Gasteiger partial charge in [-0.1, -0.05) is 6.07 Å². The first-order valence-corrected chi connectivity index (χ1v) is 5.91. The van der Waals surface area contributed by atoms with Gasteiger partial charge in [0.1, 0.15) is 36.9 Å². The summed E-state index contributed by atoms with van der Waals surface area (Å²) in [5.41, 5.74) is 1.11. The Balaban J connectivity index is 1.60. The highest BCUT2D eigenvalue weighted by atomic mass is 16.6. The maximum Gasteiger partial charge on any atom is 0.126 e. The Hall–Kier alpha value is -1.26. The van der Waals surface area contributed by atoms with Crippen molar-refractivity contribution in [2.75, 3.05) is 26.4 Å². The Bertz CT molecular complexity index is 396. The predicted molar refractivity (Wildman–Crippen MR) is 61.6 cm³/mol. The normalized spacial score (nSPS) is 25.5. The topological polar surface area (TPSA) is 43.5 Å². The molecule has 4 heteroatoms. The first-order chi connectivity index (χ1) is 8.31. The molecular weight excluding hydrogens is 220 g/mol. The number of aryl methyl sites for hydroxylation is 1. The summed E-state index contributed by atoms with van der Waals surface area (Å²) in [5.74, 6) is 1.70. The molecule has 1 aromatic rings. The van der Waals surface area contributed by atoms with Gasteiger partial charge in [0.05, 0.1) is 13.2 Å². The highest BCUT2D eigenvalue weighted by Gasteiger charge is 2.24. The van der Waals surface area contributed by atoms with Gasteiger partial charge in [-0.2, -0.15) is 0 Å². The Kier molecular flexibility index (Phi) is 2.91. The largest absolute Gasteiger partial charge is 0.491 e. The second-order valence-corrected chi connectivity index (χ2v) is 4.46. The van der Waals surface area contributed by atoms with Crippen LogP contribution in [0.1, 0.15) is 5.56 Å². The van der Waals surface area contributed by atoms with E-state index in [1.165, 1.54) is 0 Å². The van der Waals surface area contributed by atoms with E-state index in [0.29, 0.717) is 13.2 Å². The minimum Gasteiger partial charge on any atom is -0.491 e. The summed E-state index contributed by atoms with van der Waals surface area (Å²) in [6.07, 6.45) is 0.555. The molecule has 2 aliphatic rings. The van der Waals surface area contributed by atoms with E-state index in [9.17, 15) is 0 Å². The molecule has 2 saturated heterocycles. The van der Waals surface area contributed by atoms with Gasteiger partial charge in [-0.05, 0) is 18.6 Å². The molecular formula is C13H16O4. The number of hydrogen-bond donors (Lipinski definition) is 0. The van der Waals surface area contributed by atoms with E-state index < -0.39 is 0 Å². The van der Waals surface area contributed by atoms with Gasteiger partial charge in [0.25, 0.3) is 0 Å². The zero-order valence-electron chi connectivity index (χ0n) is 9.85. The van der Waals surface area contributed by atoms with Crippen LogP contribution in [0.4, 0.5) is 0 Å². The van der Waals surface area contributed by atoms with Crippen LogP contribution in [-0.2, 0) is 9.47 Å². The van der Waals surface area contributed by atoms with Crippen LogP contribution in [0.15, 0.2) is 18.2 Å². The molecule has 2 heterocycles. The molecule has 4 nitrogen and oxygen atoms in total. The Morgan fingerprint density at radius 1 is 1.12 bits per heavy atom. The number of benzene rings is 1. The average molecular weight is 236 g/mol. The van der Waals surface area contributed by atoms with Gasteiger partial charge in [-0.3, -0.25) is 0 Å². The first-order valence-electron chi connectivity index (χ1n) is 5.91. The second-order valence-electron chi connectivity index (χ2n) is 4.46. The van der Waals surface area contributed by atoms with Gasteiger partial charge in [-0.25, -0.2) is 0 Å². The molecule has 0 saturated carbocycles. The molecule has 0 amide bonds. The molecule has 0 spiro atoms. The van der Waals surface area contributed by atoms with Crippen LogP contribution in [0.2, 0.25) is 0 Å².